The van der Waals surface area contributed by atoms with Crippen molar-refractivity contribution < 1.29 is 24.5 Å². The van der Waals surface area contributed by atoms with Gasteiger partial charge in [0.15, 0.2) is 0 Å². The third-order valence-electron chi connectivity index (χ3n) is 6.57. The number of ether oxygens (including phenoxy) is 1. The Kier molecular flexibility index (Phi) is 7.98. The molecule has 1 aliphatic heterocycles. The highest BCUT2D eigenvalue weighted by Gasteiger charge is 2.34. The van der Waals surface area contributed by atoms with Crippen LogP contribution < -0.4 is 4.74 Å². The molecule has 0 saturated heterocycles. The van der Waals surface area contributed by atoms with Gasteiger partial charge in [-0.05, 0) is 38.7 Å². The first-order valence-corrected chi connectivity index (χ1v) is 11.8. The summed E-state index contributed by atoms with van der Waals surface area (Å²) in [5, 5.41) is 20.3. The molecule has 2 aliphatic rings. The summed E-state index contributed by atoms with van der Waals surface area (Å²) in [6.07, 6.45) is 4.74. The van der Waals surface area contributed by atoms with Crippen molar-refractivity contribution in [2.24, 2.45) is 5.92 Å². The number of carbonyl (C=O) groups is 2. The maximum Gasteiger partial charge on any atom is 0.259 e. The van der Waals surface area contributed by atoms with Gasteiger partial charge in [-0.25, -0.2) is 4.98 Å². The number of fused-ring (bicyclic) bond motifs is 1. The quantitative estimate of drug-likeness (QED) is 0.654. The van der Waals surface area contributed by atoms with Crippen LogP contribution in [0, 0.1) is 17.8 Å². The molecule has 2 amide bonds. The molecule has 2 N–H and O–H groups in total. The molecule has 8 heteroatoms. The molecular weight excluding hydrogens is 422 g/mol. The molecule has 2 heterocycles. The molecule has 0 bridgehead atoms. The minimum atomic E-state index is -0.987. The Morgan fingerprint density at radius 1 is 1.42 bits per heavy atom. The zero-order chi connectivity index (χ0) is 24.2. The Bertz CT molecular complexity index is 932. The Hall–Kier alpha value is -2.63. The largest absolute Gasteiger partial charge is 0.472 e. The van der Waals surface area contributed by atoms with E-state index >= 15 is 0 Å². The SMILES string of the molecule is CCC(=O)N(C)C[C@@H]1Oc2ncc(C#CC3(O)CCCC3)cc2C(=O)N([C@H](C)CO)C[C@@H]1C. The van der Waals surface area contributed by atoms with E-state index in [4.69, 9.17) is 4.74 Å². The maximum absolute atomic E-state index is 13.4. The Morgan fingerprint density at radius 3 is 2.76 bits per heavy atom. The van der Waals surface area contributed by atoms with Gasteiger partial charge in [0.2, 0.25) is 11.8 Å². The van der Waals surface area contributed by atoms with Crippen LogP contribution in [0.2, 0.25) is 0 Å². The third-order valence-corrected chi connectivity index (χ3v) is 6.57. The van der Waals surface area contributed by atoms with Crippen molar-refractivity contribution in [2.75, 3.05) is 26.7 Å². The van der Waals surface area contributed by atoms with Crippen LogP contribution in [0.25, 0.3) is 0 Å². The average Bonchev–Trinajstić information content (AvgIpc) is 3.25. The lowest BCUT2D eigenvalue weighted by Crippen LogP contribution is -2.50. The van der Waals surface area contributed by atoms with E-state index in [1.807, 2.05) is 13.8 Å². The lowest BCUT2D eigenvalue weighted by atomic mass is 9.99. The van der Waals surface area contributed by atoms with Crippen molar-refractivity contribution in [3.05, 3.63) is 23.4 Å². The fourth-order valence-electron chi connectivity index (χ4n) is 4.30. The summed E-state index contributed by atoms with van der Waals surface area (Å²) in [4.78, 5) is 33.2. The number of likely N-dealkylation sites (N-methyl/N-ethyl adjacent to an activating group) is 1. The standard InChI is InChI=1S/C25H35N3O5/c1-5-22(30)27(4)15-21-17(2)14-28(18(3)16-29)24(31)20-12-19(13-26-23(20)33-21)8-11-25(32)9-6-7-10-25/h12-13,17-18,21,29,32H,5-7,9-10,14-16H2,1-4H3/t17-,18+,21-/m0/s1. The lowest BCUT2D eigenvalue weighted by Gasteiger charge is -2.37. The second-order valence-electron chi connectivity index (χ2n) is 9.32. The van der Waals surface area contributed by atoms with Crippen LogP contribution in [0.3, 0.4) is 0 Å². The summed E-state index contributed by atoms with van der Waals surface area (Å²) < 4.78 is 6.19. The average molecular weight is 458 g/mol. The molecule has 0 spiro atoms. The second-order valence-corrected chi connectivity index (χ2v) is 9.32. The highest BCUT2D eigenvalue weighted by atomic mass is 16.5. The molecule has 0 aromatic carbocycles. The molecular formula is C25H35N3O5. The Morgan fingerprint density at radius 2 is 2.12 bits per heavy atom. The van der Waals surface area contributed by atoms with Crippen molar-refractivity contribution in [1.29, 1.82) is 0 Å². The van der Waals surface area contributed by atoms with Crippen LogP contribution in [0.5, 0.6) is 5.88 Å². The summed E-state index contributed by atoms with van der Waals surface area (Å²) >= 11 is 0. The number of aliphatic hydroxyl groups excluding tert-OH is 1. The highest BCUT2D eigenvalue weighted by Crippen LogP contribution is 2.30. The maximum atomic E-state index is 13.4. The first-order chi connectivity index (χ1) is 15.7. The molecule has 1 fully saturated rings. The number of nitrogens with zero attached hydrogens (tertiary/aromatic N) is 3. The van der Waals surface area contributed by atoms with Gasteiger partial charge in [-0.15, -0.1) is 0 Å². The van der Waals surface area contributed by atoms with Crippen LogP contribution in [0.4, 0.5) is 0 Å². The van der Waals surface area contributed by atoms with Gasteiger partial charge in [0.05, 0.1) is 19.2 Å². The zero-order valence-electron chi connectivity index (χ0n) is 20.0. The number of hydrogen-bond acceptors (Lipinski definition) is 6. The fraction of sp³-hybridized carbons (Fsp3) is 0.640. The highest BCUT2D eigenvalue weighted by molar-refractivity contribution is 5.97. The number of carbonyl (C=O) groups excluding carboxylic acids is 2. The van der Waals surface area contributed by atoms with E-state index in [2.05, 4.69) is 16.8 Å². The Balaban J connectivity index is 1.97. The molecule has 0 unspecified atom stereocenters. The van der Waals surface area contributed by atoms with Crippen molar-refractivity contribution >= 4 is 11.8 Å². The van der Waals surface area contributed by atoms with E-state index in [0.29, 0.717) is 37.9 Å². The fourth-order valence-corrected chi connectivity index (χ4v) is 4.30. The number of aromatic nitrogens is 1. The summed E-state index contributed by atoms with van der Waals surface area (Å²) in [7, 11) is 1.74. The van der Waals surface area contributed by atoms with E-state index in [1.165, 1.54) is 0 Å². The minimum absolute atomic E-state index is 0.00756. The minimum Gasteiger partial charge on any atom is -0.472 e. The van der Waals surface area contributed by atoms with Gasteiger partial charge in [0, 0.05) is 37.7 Å². The van der Waals surface area contributed by atoms with Crippen molar-refractivity contribution in [2.45, 2.75) is 70.6 Å². The van der Waals surface area contributed by atoms with E-state index < -0.39 is 11.6 Å². The van der Waals surface area contributed by atoms with Crippen LogP contribution in [0.15, 0.2) is 12.3 Å². The van der Waals surface area contributed by atoms with Crippen LogP contribution in [-0.4, -0.2) is 81.3 Å². The van der Waals surface area contributed by atoms with Gasteiger partial charge in [0.1, 0.15) is 17.3 Å². The molecule has 1 saturated carbocycles. The Labute approximate surface area is 195 Å². The summed E-state index contributed by atoms with van der Waals surface area (Å²) in [6.45, 7) is 6.13. The number of pyridine rings is 1. The topological polar surface area (TPSA) is 103 Å². The van der Waals surface area contributed by atoms with Crippen molar-refractivity contribution in [3.8, 4) is 17.7 Å². The normalized spacial score (nSPS) is 22.8. The van der Waals surface area contributed by atoms with Crippen LogP contribution >= 0.6 is 0 Å². The first-order valence-electron chi connectivity index (χ1n) is 11.8. The third kappa shape index (κ3) is 5.84. The molecule has 8 nitrogen and oxygen atoms in total. The van der Waals surface area contributed by atoms with E-state index in [0.717, 1.165) is 12.8 Å². The molecule has 33 heavy (non-hydrogen) atoms. The van der Waals surface area contributed by atoms with E-state index in [9.17, 15) is 19.8 Å². The molecule has 3 atom stereocenters. The number of hydrogen-bond donors (Lipinski definition) is 2. The van der Waals surface area contributed by atoms with Crippen molar-refractivity contribution in [1.82, 2.24) is 14.8 Å². The molecule has 1 aliphatic carbocycles. The summed E-state index contributed by atoms with van der Waals surface area (Å²) in [6, 6.07) is 1.25. The summed E-state index contributed by atoms with van der Waals surface area (Å²) in [5.41, 5.74) is -0.202. The number of amides is 2. The van der Waals surface area contributed by atoms with Gasteiger partial charge in [-0.3, -0.25) is 9.59 Å². The molecule has 180 valence electrons. The molecule has 1 aromatic heterocycles. The molecule has 1 aromatic rings. The molecule has 0 radical (unpaired) electrons. The van der Waals surface area contributed by atoms with E-state index in [1.54, 1.807) is 36.0 Å². The number of aliphatic hydroxyl groups is 2. The second kappa shape index (κ2) is 10.5. The monoisotopic (exact) mass is 457 g/mol. The molecule has 3 rings (SSSR count). The summed E-state index contributed by atoms with van der Waals surface area (Å²) in [5.74, 6) is 5.73. The lowest BCUT2D eigenvalue weighted by molar-refractivity contribution is -0.131. The van der Waals surface area contributed by atoms with Gasteiger partial charge < -0.3 is 24.7 Å². The van der Waals surface area contributed by atoms with Gasteiger partial charge >= 0.3 is 0 Å². The predicted octanol–water partition coefficient (Wildman–Crippen LogP) is 1.83. The first kappa shape index (κ1) is 25.0. The predicted molar refractivity (Wildman–Crippen MR) is 124 cm³/mol. The number of rotatable bonds is 5. The smallest absolute Gasteiger partial charge is 0.259 e. The van der Waals surface area contributed by atoms with Gasteiger partial charge in [-0.1, -0.05) is 25.7 Å². The van der Waals surface area contributed by atoms with Crippen molar-refractivity contribution in [3.63, 3.8) is 0 Å². The van der Waals surface area contributed by atoms with Crippen LogP contribution in [0.1, 0.15) is 68.8 Å². The van der Waals surface area contributed by atoms with E-state index in [-0.39, 0.29) is 41.9 Å². The van der Waals surface area contributed by atoms with Gasteiger partial charge in [0.25, 0.3) is 5.91 Å². The van der Waals surface area contributed by atoms with Gasteiger partial charge in [-0.2, -0.15) is 0 Å². The van der Waals surface area contributed by atoms with Crippen LogP contribution in [-0.2, 0) is 4.79 Å². The zero-order valence-corrected chi connectivity index (χ0v) is 20.0.